The SMILES string of the molecule is C=CCn1cc(CNCC(c2ccncc2)N2CCOCC2)c(C)n1. The third-order valence-electron chi connectivity index (χ3n) is 4.59. The number of rotatable bonds is 8. The Morgan fingerprint density at radius 1 is 1.32 bits per heavy atom. The minimum Gasteiger partial charge on any atom is -0.379 e. The monoisotopic (exact) mass is 341 g/mol. The van der Waals surface area contributed by atoms with Gasteiger partial charge < -0.3 is 10.1 Å². The van der Waals surface area contributed by atoms with Crippen LogP contribution >= 0.6 is 0 Å². The molecule has 134 valence electrons. The highest BCUT2D eigenvalue weighted by Crippen LogP contribution is 2.20. The van der Waals surface area contributed by atoms with Crippen LogP contribution in [0.15, 0.2) is 43.4 Å². The molecule has 0 saturated carbocycles. The highest BCUT2D eigenvalue weighted by atomic mass is 16.5. The lowest BCUT2D eigenvalue weighted by atomic mass is 10.1. The van der Waals surface area contributed by atoms with E-state index in [0.29, 0.717) is 6.04 Å². The summed E-state index contributed by atoms with van der Waals surface area (Å²) in [5.74, 6) is 0. The summed E-state index contributed by atoms with van der Waals surface area (Å²) >= 11 is 0. The first-order valence-electron chi connectivity index (χ1n) is 8.84. The second-order valence-electron chi connectivity index (χ2n) is 6.33. The maximum atomic E-state index is 5.51. The molecule has 0 aliphatic carbocycles. The van der Waals surface area contributed by atoms with E-state index in [1.807, 2.05) is 23.2 Å². The Morgan fingerprint density at radius 3 is 2.80 bits per heavy atom. The number of ether oxygens (including phenoxy) is 1. The molecular weight excluding hydrogens is 314 g/mol. The molecule has 1 aliphatic rings. The predicted octanol–water partition coefficient (Wildman–Crippen LogP) is 1.94. The number of allylic oxidation sites excluding steroid dienone is 1. The molecule has 0 bridgehead atoms. The van der Waals surface area contributed by atoms with E-state index in [1.165, 1.54) is 11.1 Å². The smallest absolute Gasteiger partial charge is 0.0638 e. The number of nitrogens with one attached hydrogen (secondary N) is 1. The number of hydrogen-bond donors (Lipinski definition) is 1. The van der Waals surface area contributed by atoms with Gasteiger partial charge in [-0.15, -0.1) is 6.58 Å². The van der Waals surface area contributed by atoms with Crippen molar-refractivity contribution in [3.05, 3.63) is 60.2 Å². The lowest BCUT2D eigenvalue weighted by molar-refractivity contribution is 0.0161. The zero-order chi connectivity index (χ0) is 17.5. The number of hydrogen-bond acceptors (Lipinski definition) is 5. The molecule has 6 nitrogen and oxygen atoms in total. The number of aryl methyl sites for hydroxylation is 1. The third-order valence-corrected chi connectivity index (χ3v) is 4.59. The van der Waals surface area contributed by atoms with Crippen LogP contribution in [0.25, 0.3) is 0 Å². The van der Waals surface area contributed by atoms with Crippen LogP contribution in [0.5, 0.6) is 0 Å². The molecule has 6 heteroatoms. The second-order valence-corrected chi connectivity index (χ2v) is 6.33. The van der Waals surface area contributed by atoms with Gasteiger partial charge in [0.05, 0.1) is 25.5 Å². The standard InChI is InChI=1S/C19H27N5O/c1-3-8-24-15-18(16(2)22-24)13-21-14-19(17-4-6-20-7-5-17)23-9-11-25-12-10-23/h3-7,15,19,21H,1,8-14H2,2H3. The fourth-order valence-electron chi connectivity index (χ4n) is 3.23. The van der Waals surface area contributed by atoms with Crippen molar-refractivity contribution in [2.75, 3.05) is 32.8 Å². The van der Waals surface area contributed by atoms with Gasteiger partial charge in [0.25, 0.3) is 0 Å². The molecule has 2 aromatic rings. The molecule has 25 heavy (non-hydrogen) atoms. The van der Waals surface area contributed by atoms with E-state index in [0.717, 1.165) is 51.6 Å². The summed E-state index contributed by atoms with van der Waals surface area (Å²) in [5, 5.41) is 8.13. The van der Waals surface area contributed by atoms with Crippen LogP contribution in [0.3, 0.4) is 0 Å². The average Bonchev–Trinajstić information content (AvgIpc) is 3.00. The summed E-state index contributed by atoms with van der Waals surface area (Å²) in [4.78, 5) is 6.64. The van der Waals surface area contributed by atoms with Crippen LogP contribution in [0.1, 0.15) is 22.9 Å². The van der Waals surface area contributed by atoms with Gasteiger partial charge in [-0.3, -0.25) is 14.6 Å². The minimum atomic E-state index is 0.329. The fraction of sp³-hybridized carbons (Fsp3) is 0.474. The van der Waals surface area contributed by atoms with E-state index in [2.05, 4.69) is 52.1 Å². The molecule has 1 N–H and O–H groups in total. The van der Waals surface area contributed by atoms with Crippen molar-refractivity contribution in [1.29, 1.82) is 0 Å². The Balaban J connectivity index is 1.63. The summed E-state index contributed by atoms with van der Waals surface area (Å²) in [6.45, 7) is 11.8. The maximum absolute atomic E-state index is 5.51. The summed E-state index contributed by atoms with van der Waals surface area (Å²) in [6.07, 6.45) is 7.69. The van der Waals surface area contributed by atoms with Gasteiger partial charge in [0, 0.05) is 56.4 Å². The number of nitrogens with zero attached hydrogens (tertiary/aromatic N) is 4. The van der Waals surface area contributed by atoms with Gasteiger partial charge in [0.15, 0.2) is 0 Å². The van der Waals surface area contributed by atoms with E-state index in [1.54, 1.807) is 0 Å². The van der Waals surface area contributed by atoms with E-state index >= 15 is 0 Å². The zero-order valence-electron chi connectivity index (χ0n) is 14.9. The van der Waals surface area contributed by atoms with E-state index < -0.39 is 0 Å². The molecule has 1 fully saturated rings. The molecule has 0 radical (unpaired) electrons. The van der Waals surface area contributed by atoms with E-state index in [4.69, 9.17) is 4.74 Å². The van der Waals surface area contributed by atoms with Gasteiger partial charge >= 0.3 is 0 Å². The van der Waals surface area contributed by atoms with Gasteiger partial charge in [-0.25, -0.2) is 0 Å². The van der Waals surface area contributed by atoms with Gasteiger partial charge in [-0.2, -0.15) is 5.10 Å². The molecule has 1 saturated heterocycles. The van der Waals surface area contributed by atoms with Crippen LogP contribution in [0.2, 0.25) is 0 Å². The highest BCUT2D eigenvalue weighted by Gasteiger charge is 2.22. The molecular formula is C19H27N5O. The first-order chi connectivity index (χ1) is 12.3. The Bertz CT molecular complexity index is 664. The van der Waals surface area contributed by atoms with E-state index in [9.17, 15) is 0 Å². The third kappa shape index (κ3) is 4.75. The molecule has 3 heterocycles. The lowest BCUT2D eigenvalue weighted by Crippen LogP contribution is -2.42. The molecule has 0 amide bonds. The minimum absolute atomic E-state index is 0.329. The first kappa shape index (κ1) is 17.8. The molecule has 0 aromatic carbocycles. The van der Waals surface area contributed by atoms with Crippen LogP contribution in [-0.4, -0.2) is 52.5 Å². The summed E-state index contributed by atoms with van der Waals surface area (Å²) in [5.41, 5.74) is 3.60. The molecule has 1 atom stereocenters. The maximum Gasteiger partial charge on any atom is 0.0638 e. The fourth-order valence-corrected chi connectivity index (χ4v) is 3.23. The first-order valence-corrected chi connectivity index (χ1v) is 8.84. The Labute approximate surface area is 149 Å². The Hall–Kier alpha value is -2.02. The quantitative estimate of drug-likeness (QED) is 0.744. The lowest BCUT2D eigenvalue weighted by Gasteiger charge is -2.35. The number of aromatic nitrogens is 3. The second kappa shape index (κ2) is 8.89. The van der Waals surface area contributed by atoms with Gasteiger partial charge in [-0.1, -0.05) is 6.08 Å². The topological polar surface area (TPSA) is 55.2 Å². The summed E-state index contributed by atoms with van der Waals surface area (Å²) in [6, 6.07) is 4.54. The normalized spacial score (nSPS) is 16.7. The van der Waals surface area contributed by atoms with Gasteiger partial charge in [0.1, 0.15) is 0 Å². The molecule has 2 aromatic heterocycles. The van der Waals surface area contributed by atoms with Crippen LogP contribution in [0.4, 0.5) is 0 Å². The van der Waals surface area contributed by atoms with Crippen molar-refractivity contribution in [3.63, 3.8) is 0 Å². The largest absolute Gasteiger partial charge is 0.379 e. The highest BCUT2D eigenvalue weighted by molar-refractivity contribution is 5.18. The molecule has 0 spiro atoms. The van der Waals surface area contributed by atoms with Crippen LogP contribution < -0.4 is 5.32 Å². The van der Waals surface area contributed by atoms with Crippen LogP contribution in [0, 0.1) is 6.92 Å². The van der Waals surface area contributed by atoms with Crippen molar-refractivity contribution < 1.29 is 4.74 Å². The Morgan fingerprint density at radius 2 is 2.08 bits per heavy atom. The molecule has 1 unspecified atom stereocenters. The van der Waals surface area contributed by atoms with E-state index in [-0.39, 0.29) is 0 Å². The van der Waals surface area contributed by atoms with Crippen molar-refractivity contribution in [3.8, 4) is 0 Å². The van der Waals surface area contributed by atoms with Crippen molar-refractivity contribution in [2.24, 2.45) is 0 Å². The zero-order valence-corrected chi connectivity index (χ0v) is 14.9. The van der Waals surface area contributed by atoms with Crippen LogP contribution in [-0.2, 0) is 17.8 Å². The van der Waals surface area contributed by atoms with Crippen molar-refractivity contribution >= 4 is 0 Å². The molecule has 1 aliphatic heterocycles. The average molecular weight is 341 g/mol. The predicted molar refractivity (Wildman–Crippen MR) is 98.2 cm³/mol. The van der Waals surface area contributed by atoms with Crippen molar-refractivity contribution in [1.82, 2.24) is 25.0 Å². The van der Waals surface area contributed by atoms with Gasteiger partial charge in [-0.05, 0) is 24.6 Å². The Kier molecular flexibility index (Phi) is 6.33. The number of morpholine rings is 1. The molecule has 3 rings (SSSR count). The summed E-state index contributed by atoms with van der Waals surface area (Å²) < 4.78 is 7.44. The number of pyridine rings is 1. The summed E-state index contributed by atoms with van der Waals surface area (Å²) in [7, 11) is 0. The van der Waals surface area contributed by atoms with Gasteiger partial charge in [0.2, 0.25) is 0 Å². The van der Waals surface area contributed by atoms with Crippen molar-refractivity contribution in [2.45, 2.75) is 26.1 Å².